The summed E-state index contributed by atoms with van der Waals surface area (Å²) < 4.78 is 0. The Morgan fingerprint density at radius 1 is 1.09 bits per heavy atom. The molecule has 0 aromatic carbocycles. The Kier molecular flexibility index (Phi) is 6.91. The van der Waals surface area contributed by atoms with Gasteiger partial charge in [-0.1, -0.05) is 76.3 Å². The first kappa shape index (κ1) is 19.0. The molecule has 0 spiro atoms. The SMILES string of the molecule is C=C(C)C(=C\C(=C(/C)CC1CCCC1)C(C)(C)C)/C(C)=C\C. The van der Waals surface area contributed by atoms with E-state index in [1.54, 1.807) is 5.57 Å². The molecule has 1 fully saturated rings. The summed E-state index contributed by atoms with van der Waals surface area (Å²) in [5.74, 6) is 0.904. The Hall–Kier alpha value is -1.04. The topological polar surface area (TPSA) is 0 Å². The van der Waals surface area contributed by atoms with E-state index in [9.17, 15) is 0 Å². The average molecular weight is 301 g/mol. The summed E-state index contributed by atoms with van der Waals surface area (Å²) in [6.45, 7) is 19.9. The van der Waals surface area contributed by atoms with Crippen LogP contribution < -0.4 is 0 Å². The largest absolute Gasteiger partial charge is 0.0955 e. The van der Waals surface area contributed by atoms with Crippen LogP contribution in [0.2, 0.25) is 0 Å². The second-order valence-corrected chi connectivity index (χ2v) is 8.11. The number of allylic oxidation sites excluding steroid dienone is 7. The molecule has 0 nitrogen and oxygen atoms in total. The summed E-state index contributed by atoms with van der Waals surface area (Å²) in [6, 6.07) is 0. The molecule has 0 bridgehead atoms. The van der Waals surface area contributed by atoms with E-state index in [0.717, 1.165) is 11.5 Å². The molecule has 0 aromatic rings. The van der Waals surface area contributed by atoms with Crippen LogP contribution in [0.3, 0.4) is 0 Å². The summed E-state index contributed by atoms with van der Waals surface area (Å²) >= 11 is 0. The zero-order chi connectivity index (χ0) is 16.9. The number of hydrogen-bond acceptors (Lipinski definition) is 0. The van der Waals surface area contributed by atoms with Crippen LogP contribution in [0.4, 0.5) is 0 Å². The van der Waals surface area contributed by atoms with E-state index in [1.165, 1.54) is 48.8 Å². The van der Waals surface area contributed by atoms with Crippen molar-refractivity contribution in [3.05, 3.63) is 46.6 Å². The minimum absolute atomic E-state index is 0.178. The van der Waals surface area contributed by atoms with Crippen LogP contribution >= 0.6 is 0 Å². The van der Waals surface area contributed by atoms with E-state index in [4.69, 9.17) is 0 Å². The fraction of sp³-hybridized carbons (Fsp3) is 0.636. The van der Waals surface area contributed by atoms with Gasteiger partial charge < -0.3 is 0 Å². The first-order valence-corrected chi connectivity index (χ1v) is 8.88. The van der Waals surface area contributed by atoms with Crippen molar-refractivity contribution in [2.75, 3.05) is 0 Å². The third-order valence-corrected chi connectivity index (χ3v) is 4.94. The predicted octanol–water partition coefficient (Wildman–Crippen LogP) is 7.40. The van der Waals surface area contributed by atoms with Gasteiger partial charge >= 0.3 is 0 Å². The van der Waals surface area contributed by atoms with Crippen molar-refractivity contribution in [3.8, 4) is 0 Å². The molecular weight excluding hydrogens is 264 g/mol. The molecule has 1 saturated carbocycles. The second kappa shape index (κ2) is 7.99. The highest BCUT2D eigenvalue weighted by Gasteiger charge is 2.22. The molecule has 0 radical (unpaired) electrons. The molecule has 0 unspecified atom stereocenters. The molecule has 1 aliphatic carbocycles. The Balaban J connectivity index is 3.24. The molecule has 1 rings (SSSR count). The molecule has 22 heavy (non-hydrogen) atoms. The molecule has 0 heterocycles. The highest BCUT2D eigenvalue weighted by Crippen LogP contribution is 2.37. The van der Waals surface area contributed by atoms with E-state index in [0.29, 0.717) is 0 Å². The third kappa shape index (κ3) is 5.30. The number of rotatable bonds is 5. The van der Waals surface area contributed by atoms with E-state index < -0.39 is 0 Å². The van der Waals surface area contributed by atoms with E-state index in [2.05, 4.69) is 67.2 Å². The van der Waals surface area contributed by atoms with Crippen molar-refractivity contribution in [1.82, 2.24) is 0 Å². The summed E-state index contributed by atoms with van der Waals surface area (Å²) in [6.07, 6.45) is 11.5. The smallest absolute Gasteiger partial charge is 0.0132 e. The fourth-order valence-electron chi connectivity index (χ4n) is 3.61. The van der Waals surface area contributed by atoms with E-state index >= 15 is 0 Å². The maximum atomic E-state index is 4.19. The van der Waals surface area contributed by atoms with Crippen molar-refractivity contribution in [2.24, 2.45) is 11.3 Å². The van der Waals surface area contributed by atoms with Gasteiger partial charge in [-0.05, 0) is 62.2 Å². The highest BCUT2D eigenvalue weighted by molar-refractivity contribution is 5.49. The minimum Gasteiger partial charge on any atom is -0.0955 e. The lowest BCUT2D eigenvalue weighted by molar-refractivity contribution is 0.491. The fourth-order valence-corrected chi connectivity index (χ4v) is 3.61. The summed E-state index contributed by atoms with van der Waals surface area (Å²) in [4.78, 5) is 0. The third-order valence-electron chi connectivity index (χ3n) is 4.94. The standard InChI is InChI=1S/C22H36/c1-9-17(4)20(16(2)3)15-21(22(6,7)8)18(5)14-19-12-10-11-13-19/h9,15,19H,2,10-14H2,1,3-8H3/b17-9-,20-15+,21-18-. The Morgan fingerprint density at radius 3 is 2.05 bits per heavy atom. The van der Waals surface area contributed by atoms with Crippen LogP contribution in [0.5, 0.6) is 0 Å². The van der Waals surface area contributed by atoms with Gasteiger partial charge in [0.25, 0.3) is 0 Å². The lowest BCUT2D eigenvalue weighted by atomic mass is 9.79. The maximum Gasteiger partial charge on any atom is -0.0132 e. The van der Waals surface area contributed by atoms with Crippen LogP contribution in [0.1, 0.15) is 80.6 Å². The van der Waals surface area contributed by atoms with E-state index in [-0.39, 0.29) is 5.41 Å². The van der Waals surface area contributed by atoms with Crippen LogP contribution in [-0.2, 0) is 0 Å². The molecule has 0 saturated heterocycles. The van der Waals surface area contributed by atoms with Gasteiger partial charge in [-0.2, -0.15) is 0 Å². The molecular formula is C22H36. The summed E-state index contributed by atoms with van der Waals surface area (Å²) in [7, 11) is 0. The predicted molar refractivity (Wildman–Crippen MR) is 101 cm³/mol. The summed E-state index contributed by atoms with van der Waals surface area (Å²) in [5, 5.41) is 0. The Labute approximate surface area is 139 Å². The van der Waals surface area contributed by atoms with Gasteiger partial charge in [0.15, 0.2) is 0 Å². The van der Waals surface area contributed by atoms with Crippen LogP contribution in [0, 0.1) is 11.3 Å². The van der Waals surface area contributed by atoms with Crippen LogP contribution in [-0.4, -0.2) is 0 Å². The van der Waals surface area contributed by atoms with Gasteiger partial charge in [0.2, 0.25) is 0 Å². The molecule has 0 atom stereocenters. The lowest BCUT2D eigenvalue weighted by Crippen LogP contribution is -2.12. The minimum atomic E-state index is 0.178. The Bertz CT molecular complexity index is 483. The Morgan fingerprint density at radius 2 is 1.64 bits per heavy atom. The lowest BCUT2D eigenvalue weighted by Gasteiger charge is -2.26. The molecule has 0 N–H and O–H groups in total. The van der Waals surface area contributed by atoms with Crippen LogP contribution in [0.25, 0.3) is 0 Å². The van der Waals surface area contributed by atoms with Crippen molar-refractivity contribution < 1.29 is 0 Å². The second-order valence-electron chi connectivity index (χ2n) is 8.11. The highest BCUT2D eigenvalue weighted by atomic mass is 14.3. The zero-order valence-electron chi connectivity index (χ0n) is 16.0. The molecule has 0 amide bonds. The summed E-state index contributed by atoms with van der Waals surface area (Å²) in [5.41, 5.74) is 7.03. The van der Waals surface area contributed by atoms with Crippen molar-refractivity contribution in [2.45, 2.75) is 80.6 Å². The molecule has 1 aliphatic rings. The maximum absolute atomic E-state index is 4.19. The van der Waals surface area contributed by atoms with Gasteiger partial charge in [-0.3, -0.25) is 0 Å². The molecule has 0 heteroatoms. The quantitative estimate of drug-likeness (QED) is 0.464. The van der Waals surface area contributed by atoms with Crippen LogP contribution in [0.15, 0.2) is 46.6 Å². The molecule has 0 aromatic heterocycles. The van der Waals surface area contributed by atoms with Crippen molar-refractivity contribution in [1.29, 1.82) is 0 Å². The van der Waals surface area contributed by atoms with Gasteiger partial charge in [0, 0.05) is 0 Å². The first-order valence-electron chi connectivity index (χ1n) is 8.88. The molecule has 0 aliphatic heterocycles. The van der Waals surface area contributed by atoms with Gasteiger partial charge in [0.05, 0.1) is 0 Å². The monoisotopic (exact) mass is 300 g/mol. The molecule has 124 valence electrons. The average Bonchev–Trinajstić information content (AvgIpc) is 2.89. The van der Waals surface area contributed by atoms with Gasteiger partial charge in [-0.15, -0.1) is 0 Å². The van der Waals surface area contributed by atoms with Gasteiger partial charge in [-0.25, -0.2) is 0 Å². The van der Waals surface area contributed by atoms with E-state index in [1.807, 2.05) is 0 Å². The number of hydrogen-bond donors (Lipinski definition) is 0. The van der Waals surface area contributed by atoms with Gasteiger partial charge in [0.1, 0.15) is 0 Å². The normalized spacial score (nSPS) is 19.4. The first-order chi connectivity index (χ1) is 10.2. The van der Waals surface area contributed by atoms with Crippen molar-refractivity contribution >= 4 is 0 Å². The zero-order valence-corrected chi connectivity index (χ0v) is 16.0. The van der Waals surface area contributed by atoms with Crippen molar-refractivity contribution in [3.63, 3.8) is 0 Å².